The summed E-state index contributed by atoms with van der Waals surface area (Å²) in [6.07, 6.45) is 3.62. The molecule has 0 aliphatic rings. The number of esters is 1. The normalized spacial score (nSPS) is 15.3. The van der Waals surface area contributed by atoms with Crippen molar-refractivity contribution in [1.29, 1.82) is 0 Å². The third-order valence-corrected chi connectivity index (χ3v) is 5.78. The molecular weight excluding hydrogens is 410 g/mol. The van der Waals surface area contributed by atoms with Crippen molar-refractivity contribution in [3.8, 4) is 0 Å². The number of nitrogens with zero attached hydrogens (tertiary/aromatic N) is 1. The monoisotopic (exact) mass is 449 g/mol. The van der Waals surface area contributed by atoms with Gasteiger partial charge in [0.05, 0.1) is 6.10 Å². The molecule has 2 rings (SSSR count). The van der Waals surface area contributed by atoms with Crippen LogP contribution in [-0.4, -0.2) is 33.7 Å². The van der Waals surface area contributed by atoms with Crippen molar-refractivity contribution in [2.24, 2.45) is 5.92 Å². The average molecular weight is 450 g/mol. The first kappa shape index (κ1) is 26.6. The van der Waals surface area contributed by atoms with E-state index in [1.807, 2.05) is 63.2 Å². The van der Waals surface area contributed by atoms with E-state index >= 15 is 0 Å². The molecule has 0 bridgehead atoms. The maximum atomic E-state index is 13.4. The van der Waals surface area contributed by atoms with Crippen LogP contribution in [-0.2, 0) is 16.1 Å². The van der Waals surface area contributed by atoms with Crippen molar-refractivity contribution in [3.05, 3.63) is 97.1 Å². The summed E-state index contributed by atoms with van der Waals surface area (Å²) in [6.45, 7) is 16.0. The fourth-order valence-corrected chi connectivity index (χ4v) is 4.14. The van der Waals surface area contributed by atoms with Gasteiger partial charge in [-0.3, -0.25) is 9.69 Å². The summed E-state index contributed by atoms with van der Waals surface area (Å²) in [5, 5.41) is 11.0. The molecule has 0 radical (unpaired) electrons. The molecular formula is C29H39NO3. The Morgan fingerprint density at radius 2 is 1.64 bits per heavy atom. The molecule has 0 aromatic heterocycles. The number of ether oxygens (including phenoxy) is 1. The summed E-state index contributed by atoms with van der Waals surface area (Å²) >= 11 is 0. The second kappa shape index (κ2) is 12.5. The lowest BCUT2D eigenvalue weighted by atomic mass is 9.86. The second-order valence-corrected chi connectivity index (χ2v) is 9.46. The Labute approximate surface area is 199 Å². The minimum Gasteiger partial charge on any atom is -0.460 e. The summed E-state index contributed by atoms with van der Waals surface area (Å²) < 4.78 is 5.77. The van der Waals surface area contributed by atoms with Crippen LogP contribution in [0.2, 0.25) is 0 Å². The smallest absolute Gasteiger partial charge is 0.314 e. The molecule has 4 nitrogen and oxygen atoms in total. The van der Waals surface area contributed by atoms with Gasteiger partial charge in [0.15, 0.2) is 0 Å². The lowest BCUT2D eigenvalue weighted by Gasteiger charge is -2.42. The molecule has 4 atom stereocenters. The molecule has 0 aliphatic carbocycles. The first-order chi connectivity index (χ1) is 15.7. The first-order valence-corrected chi connectivity index (χ1v) is 11.7. The fourth-order valence-electron chi connectivity index (χ4n) is 4.14. The van der Waals surface area contributed by atoms with Gasteiger partial charge in [-0.2, -0.15) is 0 Å². The molecule has 0 saturated carbocycles. The van der Waals surface area contributed by atoms with Crippen molar-refractivity contribution in [1.82, 2.24) is 4.90 Å². The lowest BCUT2D eigenvalue weighted by molar-refractivity contribution is -0.167. The summed E-state index contributed by atoms with van der Waals surface area (Å²) in [7, 11) is 0. The van der Waals surface area contributed by atoms with Gasteiger partial charge < -0.3 is 9.84 Å². The third-order valence-electron chi connectivity index (χ3n) is 5.78. The van der Waals surface area contributed by atoms with Gasteiger partial charge in [0.25, 0.3) is 0 Å². The number of benzene rings is 2. The maximum Gasteiger partial charge on any atom is 0.314 e. The molecule has 1 N–H and O–H groups in total. The molecule has 33 heavy (non-hydrogen) atoms. The Bertz CT molecular complexity index is 873. The molecule has 0 amide bonds. The van der Waals surface area contributed by atoms with Crippen LogP contribution in [0.3, 0.4) is 0 Å². The van der Waals surface area contributed by atoms with Crippen LogP contribution in [0.4, 0.5) is 0 Å². The summed E-state index contributed by atoms with van der Waals surface area (Å²) in [4.78, 5) is 15.7. The van der Waals surface area contributed by atoms with Crippen LogP contribution in [0.25, 0.3) is 0 Å². The number of aliphatic hydroxyl groups is 1. The first-order valence-electron chi connectivity index (χ1n) is 11.7. The minimum absolute atomic E-state index is 0.00294. The molecule has 4 heteroatoms. The van der Waals surface area contributed by atoms with E-state index in [1.54, 1.807) is 0 Å². The predicted octanol–water partition coefficient (Wildman–Crippen LogP) is 6.09. The topological polar surface area (TPSA) is 49.8 Å². The van der Waals surface area contributed by atoms with Gasteiger partial charge in [0.1, 0.15) is 11.5 Å². The van der Waals surface area contributed by atoms with Crippen molar-refractivity contribution >= 4 is 5.97 Å². The molecule has 0 unspecified atom stereocenters. The van der Waals surface area contributed by atoms with Crippen LogP contribution in [0.1, 0.15) is 57.7 Å². The minimum atomic E-state index is -1.03. The number of aliphatic hydroxyl groups excluding tert-OH is 1. The lowest BCUT2D eigenvalue weighted by Crippen LogP contribution is -2.50. The molecule has 0 saturated heterocycles. The maximum absolute atomic E-state index is 13.4. The van der Waals surface area contributed by atoms with Crippen molar-refractivity contribution in [2.75, 3.05) is 0 Å². The van der Waals surface area contributed by atoms with Gasteiger partial charge in [-0.05, 0) is 51.7 Å². The van der Waals surface area contributed by atoms with Gasteiger partial charge in [0.2, 0.25) is 0 Å². The molecule has 0 spiro atoms. The molecule has 0 fully saturated rings. The van der Waals surface area contributed by atoms with E-state index in [0.29, 0.717) is 19.4 Å². The summed E-state index contributed by atoms with van der Waals surface area (Å²) in [5.74, 6) is -1.20. The quantitative estimate of drug-likeness (QED) is 0.315. The van der Waals surface area contributed by atoms with E-state index in [1.165, 1.54) is 6.08 Å². The van der Waals surface area contributed by atoms with E-state index < -0.39 is 23.6 Å². The summed E-state index contributed by atoms with van der Waals surface area (Å²) in [5.41, 5.74) is 1.63. The number of hydrogen-bond donors (Lipinski definition) is 1. The molecule has 0 aliphatic heterocycles. The van der Waals surface area contributed by atoms with Gasteiger partial charge in [-0.25, -0.2) is 0 Å². The van der Waals surface area contributed by atoms with E-state index in [0.717, 1.165) is 11.1 Å². The van der Waals surface area contributed by atoms with E-state index in [4.69, 9.17) is 4.74 Å². The van der Waals surface area contributed by atoms with E-state index in [9.17, 15) is 9.90 Å². The van der Waals surface area contributed by atoms with Crippen molar-refractivity contribution in [3.63, 3.8) is 0 Å². The van der Waals surface area contributed by atoms with E-state index in [-0.39, 0.29) is 12.1 Å². The van der Waals surface area contributed by atoms with Crippen molar-refractivity contribution in [2.45, 2.75) is 70.9 Å². The Morgan fingerprint density at radius 3 is 2.15 bits per heavy atom. The highest BCUT2D eigenvalue weighted by Gasteiger charge is 2.40. The Balaban J connectivity index is 2.56. The zero-order valence-electron chi connectivity index (χ0n) is 20.5. The Hall–Kier alpha value is -2.69. The average Bonchev–Trinajstić information content (AvgIpc) is 2.79. The Morgan fingerprint density at radius 1 is 1.06 bits per heavy atom. The van der Waals surface area contributed by atoms with Gasteiger partial charge in [-0.15, -0.1) is 13.2 Å². The molecule has 0 heterocycles. The fraction of sp³-hybridized carbons (Fsp3) is 0.414. The summed E-state index contributed by atoms with van der Waals surface area (Å²) in [6, 6.07) is 20.1. The van der Waals surface area contributed by atoms with Crippen LogP contribution in [0.15, 0.2) is 86.0 Å². The molecule has 2 aromatic carbocycles. The zero-order chi connectivity index (χ0) is 24.4. The highest BCUT2D eigenvalue weighted by molar-refractivity contribution is 5.75. The predicted molar refractivity (Wildman–Crippen MR) is 136 cm³/mol. The third kappa shape index (κ3) is 7.99. The highest BCUT2D eigenvalue weighted by Crippen LogP contribution is 2.33. The van der Waals surface area contributed by atoms with Crippen LogP contribution >= 0.6 is 0 Å². The van der Waals surface area contributed by atoms with E-state index in [2.05, 4.69) is 49.2 Å². The SMILES string of the molecule is C=CCC[C@@H]([C@H](C(=O)OC(C)(C)C)[C@H](O)C=C)N(Cc1ccccc1)[C@@H](C)c1ccccc1. The Kier molecular flexibility index (Phi) is 10.1. The molecule has 2 aromatic rings. The van der Waals surface area contributed by atoms with Gasteiger partial charge >= 0.3 is 5.97 Å². The largest absolute Gasteiger partial charge is 0.460 e. The number of hydrogen-bond acceptors (Lipinski definition) is 4. The van der Waals surface area contributed by atoms with Crippen LogP contribution in [0, 0.1) is 5.92 Å². The zero-order valence-corrected chi connectivity index (χ0v) is 20.5. The number of allylic oxidation sites excluding steroid dienone is 1. The highest BCUT2D eigenvalue weighted by atomic mass is 16.6. The standard InChI is InChI=1S/C29H39NO3/c1-7-9-20-25(27(26(31)8-2)28(32)33-29(4,5)6)30(21-23-16-12-10-13-17-23)22(3)24-18-14-11-15-19-24/h7-8,10-19,22,25-27,31H,1-2,9,20-21H2,3-6H3/t22-,25-,26+,27-/m0/s1. The molecule has 178 valence electrons. The second-order valence-electron chi connectivity index (χ2n) is 9.46. The van der Waals surface area contributed by atoms with Crippen LogP contribution < -0.4 is 0 Å². The number of rotatable bonds is 12. The number of carbonyl (C=O) groups is 1. The van der Waals surface area contributed by atoms with Crippen LogP contribution in [0.5, 0.6) is 0 Å². The van der Waals surface area contributed by atoms with Gasteiger partial charge in [-0.1, -0.05) is 72.8 Å². The van der Waals surface area contributed by atoms with Gasteiger partial charge in [0, 0.05) is 18.6 Å². The number of carbonyl (C=O) groups excluding carboxylic acids is 1. The van der Waals surface area contributed by atoms with Crippen molar-refractivity contribution < 1.29 is 14.6 Å².